The maximum atomic E-state index is 6.01. The van der Waals surface area contributed by atoms with E-state index in [1.165, 1.54) is 6.33 Å². The summed E-state index contributed by atoms with van der Waals surface area (Å²) in [6.45, 7) is 9.31. The summed E-state index contributed by atoms with van der Waals surface area (Å²) in [5, 5.41) is 0. The lowest BCUT2D eigenvalue weighted by Gasteiger charge is -2.23. The monoisotopic (exact) mass is 265 g/mol. The molecule has 0 spiro atoms. The summed E-state index contributed by atoms with van der Waals surface area (Å²) in [5.41, 5.74) is 7.16. The Morgan fingerprint density at radius 1 is 1.33 bits per heavy atom. The molecule has 2 N–H and O–H groups in total. The third-order valence-electron chi connectivity index (χ3n) is 2.44. The molecule has 98 valence electrons. The van der Waals surface area contributed by atoms with Crippen LogP contribution in [0.2, 0.25) is 19.6 Å². The SMILES string of the molecule is C[C@H](Cn1cnc2c(N)ncnc21)O[Si](C)(C)C. The van der Waals surface area contributed by atoms with Gasteiger partial charge in [-0.1, -0.05) is 0 Å². The zero-order valence-corrected chi connectivity index (χ0v) is 12.2. The van der Waals surface area contributed by atoms with Gasteiger partial charge in [0.15, 0.2) is 19.8 Å². The van der Waals surface area contributed by atoms with Crippen LogP contribution in [0.25, 0.3) is 11.2 Å². The normalized spacial score (nSPS) is 14.0. The van der Waals surface area contributed by atoms with Crippen molar-refractivity contribution in [3.05, 3.63) is 12.7 Å². The number of nitrogens with two attached hydrogens (primary N) is 1. The zero-order valence-electron chi connectivity index (χ0n) is 11.2. The lowest BCUT2D eigenvalue weighted by molar-refractivity contribution is 0.193. The molecule has 6 nitrogen and oxygen atoms in total. The van der Waals surface area contributed by atoms with Gasteiger partial charge in [0.05, 0.1) is 19.0 Å². The van der Waals surface area contributed by atoms with Gasteiger partial charge in [0.25, 0.3) is 0 Å². The summed E-state index contributed by atoms with van der Waals surface area (Å²) >= 11 is 0. The van der Waals surface area contributed by atoms with Gasteiger partial charge in [0, 0.05) is 0 Å². The number of fused-ring (bicyclic) bond motifs is 1. The molecule has 0 unspecified atom stereocenters. The first-order valence-corrected chi connectivity index (χ1v) is 9.37. The van der Waals surface area contributed by atoms with Crippen LogP contribution in [0, 0.1) is 0 Å². The largest absolute Gasteiger partial charge is 0.413 e. The first-order valence-electron chi connectivity index (χ1n) is 5.96. The van der Waals surface area contributed by atoms with Crippen LogP contribution in [0.5, 0.6) is 0 Å². The van der Waals surface area contributed by atoms with E-state index in [0.717, 1.165) is 12.2 Å². The van der Waals surface area contributed by atoms with E-state index in [9.17, 15) is 0 Å². The second kappa shape index (κ2) is 4.66. The highest BCUT2D eigenvalue weighted by molar-refractivity contribution is 6.69. The molecule has 0 aliphatic heterocycles. The Bertz CT molecular complexity index is 548. The third-order valence-corrected chi connectivity index (χ3v) is 3.55. The molecule has 2 aromatic rings. The van der Waals surface area contributed by atoms with E-state index in [4.69, 9.17) is 10.2 Å². The molecule has 0 radical (unpaired) electrons. The van der Waals surface area contributed by atoms with Gasteiger partial charge in [0.2, 0.25) is 0 Å². The number of anilines is 1. The Balaban J connectivity index is 2.20. The van der Waals surface area contributed by atoms with Crippen LogP contribution in [0.3, 0.4) is 0 Å². The number of rotatable bonds is 4. The van der Waals surface area contributed by atoms with Gasteiger partial charge >= 0.3 is 0 Å². The highest BCUT2D eigenvalue weighted by atomic mass is 28.4. The van der Waals surface area contributed by atoms with Crippen LogP contribution >= 0.6 is 0 Å². The molecular weight excluding hydrogens is 246 g/mol. The van der Waals surface area contributed by atoms with Crippen molar-refractivity contribution in [2.24, 2.45) is 0 Å². The molecule has 0 fully saturated rings. The Labute approximate surface area is 107 Å². The molecule has 2 heterocycles. The van der Waals surface area contributed by atoms with Crippen molar-refractivity contribution in [3.63, 3.8) is 0 Å². The number of hydrogen-bond acceptors (Lipinski definition) is 5. The quantitative estimate of drug-likeness (QED) is 0.850. The standard InChI is InChI=1S/C11H19N5OSi/c1-8(17-18(2,3)4)5-16-7-15-9-10(12)13-6-14-11(9)16/h6-8H,5H2,1-4H3,(H2,12,13,14)/t8-/m1/s1. The Hall–Kier alpha value is -1.47. The summed E-state index contributed by atoms with van der Waals surface area (Å²) < 4.78 is 7.96. The number of imidazole rings is 1. The average Bonchev–Trinajstić information content (AvgIpc) is 2.60. The molecule has 0 aliphatic carbocycles. The molecule has 0 aliphatic rings. The van der Waals surface area contributed by atoms with Crippen LogP contribution in [0.15, 0.2) is 12.7 Å². The summed E-state index contributed by atoms with van der Waals surface area (Å²) in [4.78, 5) is 12.4. The predicted molar refractivity (Wildman–Crippen MR) is 73.6 cm³/mol. The molecule has 2 aromatic heterocycles. The molecule has 1 atom stereocenters. The molecule has 2 rings (SSSR count). The highest BCUT2D eigenvalue weighted by Crippen LogP contribution is 2.16. The Kier molecular flexibility index (Phi) is 3.36. The van der Waals surface area contributed by atoms with E-state index in [1.807, 2.05) is 4.57 Å². The zero-order chi connectivity index (χ0) is 13.3. The van der Waals surface area contributed by atoms with Crippen LogP contribution in [0.4, 0.5) is 5.82 Å². The van der Waals surface area contributed by atoms with Crippen LogP contribution in [-0.4, -0.2) is 33.9 Å². The summed E-state index contributed by atoms with van der Waals surface area (Å²) in [7, 11) is -1.52. The van der Waals surface area contributed by atoms with E-state index in [-0.39, 0.29) is 6.10 Å². The van der Waals surface area contributed by atoms with Gasteiger partial charge in [-0.2, -0.15) is 0 Å². The minimum absolute atomic E-state index is 0.130. The molecular formula is C11H19N5OSi. The number of hydrogen-bond donors (Lipinski definition) is 1. The van der Waals surface area contributed by atoms with Crippen molar-refractivity contribution in [2.45, 2.75) is 39.2 Å². The fourth-order valence-corrected chi connectivity index (χ4v) is 3.23. The number of nitrogens with zero attached hydrogens (tertiary/aromatic N) is 4. The van der Waals surface area contributed by atoms with Crippen LogP contribution in [0.1, 0.15) is 6.92 Å². The number of nitrogen functional groups attached to an aromatic ring is 1. The first kappa shape index (κ1) is 13.0. The van der Waals surface area contributed by atoms with Gasteiger partial charge in [-0.3, -0.25) is 0 Å². The van der Waals surface area contributed by atoms with E-state index < -0.39 is 8.32 Å². The average molecular weight is 265 g/mol. The van der Waals surface area contributed by atoms with Crippen molar-refractivity contribution in [2.75, 3.05) is 5.73 Å². The molecule has 0 bridgehead atoms. The van der Waals surface area contributed by atoms with E-state index >= 15 is 0 Å². The lowest BCUT2D eigenvalue weighted by Crippen LogP contribution is -2.32. The molecule has 7 heteroatoms. The summed E-state index contributed by atoms with van der Waals surface area (Å²) in [5.74, 6) is 0.414. The molecule has 0 amide bonds. The molecule has 18 heavy (non-hydrogen) atoms. The van der Waals surface area contributed by atoms with Crippen molar-refractivity contribution in [1.82, 2.24) is 19.5 Å². The third kappa shape index (κ3) is 2.85. The minimum atomic E-state index is -1.52. The molecule has 0 saturated heterocycles. The maximum Gasteiger partial charge on any atom is 0.184 e. The van der Waals surface area contributed by atoms with Crippen molar-refractivity contribution in [1.29, 1.82) is 0 Å². The van der Waals surface area contributed by atoms with Crippen molar-refractivity contribution in [3.8, 4) is 0 Å². The second-order valence-corrected chi connectivity index (χ2v) is 9.83. The van der Waals surface area contributed by atoms with Crippen molar-refractivity contribution < 1.29 is 4.43 Å². The topological polar surface area (TPSA) is 78.9 Å². The van der Waals surface area contributed by atoms with E-state index in [1.54, 1.807) is 6.33 Å². The second-order valence-electron chi connectivity index (χ2n) is 5.37. The van der Waals surface area contributed by atoms with E-state index in [2.05, 4.69) is 41.5 Å². The summed E-state index contributed by atoms with van der Waals surface area (Å²) in [6.07, 6.45) is 3.32. The van der Waals surface area contributed by atoms with Crippen molar-refractivity contribution >= 4 is 25.3 Å². The van der Waals surface area contributed by atoms with Gasteiger partial charge in [-0.05, 0) is 26.6 Å². The fraction of sp³-hybridized carbons (Fsp3) is 0.545. The highest BCUT2D eigenvalue weighted by Gasteiger charge is 2.19. The molecule has 0 aromatic carbocycles. The van der Waals surface area contributed by atoms with E-state index in [0.29, 0.717) is 11.3 Å². The molecule has 0 saturated carbocycles. The van der Waals surface area contributed by atoms with Gasteiger partial charge in [-0.25, -0.2) is 15.0 Å². The Morgan fingerprint density at radius 2 is 2.06 bits per heavy atom. The number of aromatic nitrogens is 4. The summed E-state index contributed by atoms with van der Waals surface area (Å²) in [6, 6.07) is 0. The smallest absolute Gasteiger partial charge is 0.184 e. The fourth-order valence-electron chi connectivity index (χ4n) is 1.95. The van der Waals surface area contributed by atoms with Crippen LogP contribution < -0.4 is 5.73 Å². The lowest BCUT2D eigenvalue weighted by atomic mass is 10.4. The van der Waals surface area contributed by atoms with Gasteiger partial charge < -0.3 is 14.7 Å². The van der Waals surface area contributed by atoms with Crippen LogP contribution in [-0.2, 0) is 11.0 Å². The van der Waals surface area contributed by atoms with Gasteiger partial charge in [0.1, 0.15) is 11.8 Å². The first-order chi connectivity index (χ1) is 8.37. The maximum absolute atomic E-state index is 6.01. The predicted octanol–water partition coefficient (Wildman–Crippen LogP) is 1.65. The minimum Gasteiger partial charge on any atom is -0.413 e. The van der Waals surface area contributed by atoms with Gasteiger partial charge in [-0.15, -0.1) is 0 Å². The Morgan fingerprint density at radius 3 is 2.72 bits per heavy atom.